The predicted octanol–water partition coefficient (Wildman–Crippen LogP) is 1.18. The average Bonchev–Trinajstić information content (AvgIpc) is 2.12. The summed E-state index contributed by atoms with van der Waals surface area (Å²) in [6.07, 6.45) is 0. The average molecular weight is 169 g/mol. The predicted molar refractivity (Wildman–Crippen MR) is 41.8 cm³/mol. The van der Waals surface area contributed by atoms with Crippen molar-refractivity contribution >= 4 is 5.69 Å². The van der Waals surface area contributed by atoms with E-state index in [0.717, 1.165) is 0 Å². The number of rotatable bonds is 0. The second-order valence-electron chi connectivity index (χ2n) is 2.49. The first-order chi connectivity index (χ1) is 5.79. The monoisotopic (exact) mass is 169 g/mol. The molecule has 0 saturated carbocycles. The minimum absolute atomic E-state index is 0.0206. The number of halogens is 1. The van der Waals surface area contributed by atoms with Gasteiger partial charge in [0.05, 0.1) is 0 Å². The smallest absolute Gasteiger partial charge is 0.187 e. The highest BCUT2D eigenvalue weighted by atomic mass is 19.1. The van der Waals surface area contributed by atoms with E-state index in [2.05, 4.69) is 0 Å². The lowest BCUT2D eigenvalue weighted by Crippen LogP contribution is -2.16. The van der Waals surface area contributed by atoms with Gasteiger partial charge < -0.3 is 15.2 Å². The van der Waals surface area contributed by atoms with Crippen LogP contribution in [-0.4, -0.2) is 13.2 Å². The topological polar surface area (TPSA) is 44.5 Å². The lowest BCUT2D eigenvalue weighted by Gasteiger charge is -2.19. The molecule has 3 nitrogen and oxygen atoms in total. The van der Waals surface area contributed by atoms with Gasteiger partial charge in [-0.05, 0) is 12.1 Å². The summed E-state index contributed by atoms with van der Waals surface area (Å²) in [4.78, 5) is 0. The quantitative estimate of drug-likeness (QED) is 0.593. The van der Waals surface area contributed by atoms with Gasteiger partial charge in [0, 0.05) is 0 Å². The molecule has 1 aliphatic heterocycles. The van der Waals surface area contributed by atoms with Crippen molar-refractivity contribution in [3.05, 3.63) is 17.9 Å². The highest BCUT2D eigenvalue weighted by Crippen LogP contribution is 2.36. The Kier molecular flexibility index (Phi) is 1.53. The van der Waals surface area contributed by atoms with Crippen molar-refractivity contribution in [2.75, 3.05) is 18.9 Å². The molecule has 1 aromatic rings. The van der Waals surface area contributed by atoms with Crippen molar-refractivity contribution in [1.29, 1.82) is 0 Å². The molecule has 1 aliphatic rings. The van der Waals surface area contributed by atoms with Crippen LogP contribution in [0.5, 0.6) is 11.5 Å². The molecule has 0 amide bonds. The third-order valence-corrected chi connectivity index (χ3v) is 1.69. The maximum absolute atomic E-state index is 12.8. The summed E-state index contributed by atoms with van der Waals surface area (Å²) in [7, 11) is 0. The summed E-state index contributed by atoms with van der Waals surface area (Å²) in [5.74, 6) is 0.362. The van der Waals surface area contributed by atoms with Gasteiger partial charge in [-0.2, -0.15) is 0 Å². The van der Waals surface area contributed by atoms with Crippen LogP contribution in [-0.2, 0) is 0 Å². The van der Waals surface area contributed by atoms with Gasteiger partial charge in [-0.15, -0.1) is 0 Å². The van der Waals surface area contributed by atoms with E-state index < -0.39 is 5.82 Å². The van der Waals surface area contributed by atoms with E-state index in [-0.39, 0.29) is 5.69 Å². The molecule has 0 fully saturated rings. The molecule has 1 heterocycles. The highest BCUT2D eigenvalue weighted by molar-refractivity contribution is 5.61. The van der Waals surface area contributed by atoms with Crippen LogP contribution in [0.2, 0.25) is 0 Å². The summed E-state index contributed by atoms with van der Waals surface area (Å²) in [6.45, 7) is 0.902. The molecule has 0 bridgehead atoms. The molecule has 2 rings (SSSR count). The largest absolute Gasteiger partial charge is 0.486 e. The zero-order valence-electron chi connectivity index (χ0n) is 6.34. The van der Waals surface area contributed by atoms with Gasteiger partial charge >= 0.3 is 0 Å². The number of hydrogen-bond donors (Lipinski definition) is 1. The molecular weight excluding hydrogens is 161 g/mol. The van der Waals surface area contributed by atoms with Gasteiger partial charge in [0.1, 0.15) is 24.7 Å². The number of fused-ring (bicyclic) bond motifs is 1. The Morgan fingerprint density at radius 2 is 2.00 bits per heavy atom. The first-order valence-corrected chi connectivity index (χ1v) is 3.62. The minimum Gasteiger partial charge on any atom is -0.486 e. The molecule has 0 unspecified atom stereocenters. The Hall–Kier alpha value is -1.45. The summed E-state index contributed by atoms with van der Waals surface area (Å²) >= 11 is 0. The van der Waals surface area contributed by atoms with E-state index in [1.807, 2.05) is 0 Å². The number of benzene rings is 1. The Balaban J connectivity index is 2.54. The Morgan fingerprint density at radius 1 is 1.25 bits per heavy atom. The van der Waals surface area contributed by atoms with Crippen LogP contribution in [0, 0.1) is 5.82 Å². The van der Waals surface area contributed by atoms with E-state index in [0.29, 0.717) is 24.7 Å². The maximum atomic E-state index is 12.8. The molecule has 4 heteroatoms. The summed E-state index contributed by atoms with van der Waals surface area (Å²) < 4.78 is 23.2. The standard InChI is InChI=1S/C8H8FNO2/c9-5-1-2-6-8(7(5)10)12-4-3-11-6/h1-2H,3-4,10H2. The normalized spacial score (nSPS) is 14.4. The van der Waals surface area contributed by atoms with Crippen LogP contribution in [0.15, 0.2) is 12.1 Å². The second-order valence-corrected chi connectivity index (χ2v) is 2.49. The Bertz CT molecular complexity index is 314. The lowest BCUT2D eigenvalue weighted by molar-refractivity contribution is 0.172. The van der Waals surface area contributed by atoms with Gasteiger partial charge in [0.25, 0.3) is 0 Å². The van der Waals surface area contributed by atoms with Gasteiger partial charge in [-0.1, -0.05) is 0 Å². The number of anilines is 1. The van der Waals surface area contributed by atoms with Crippen LogP contribution in [0.3, 0.4) is 0 Å². The van der Waals surface area contributed by atoms with E-state index >= 15 is 0 Å². The van der Waals surface area contributed by atoms with Crippen molar-refractivity contribution in [3.8, 4) is 11.5 Å². The molecular formula is C8H8FNO2. The number of ether oxygens (including phenoxy) is 2. The third-order valence-electron chi connectivity index (χ3n) is 1.69. The molecule has 0 radical (unpaired) electrons. The zero-order chi connectivity index (χ0) is 8.55. The highest BCUT2D eigenvalue weighted by Gasteiger charge is 2.16. The molecule has 0 atom stereocenters. The second kappa shape index (κ2) is 2.55. The molecule has 0 aromatic heterocycles. The third kappa shape index (κ3) is 0.958. The van der Waals surface area contributed by atoms with Gasteiger partial charge in [0.15, 0.2) is 11.5 Å². The lowest BCUT2D eigenvalue weighted by atomic mass is 10.2. The summed E-state index contributed by atoms with van der Waals surface area (Å²) in [6, 6.07) is 2.78. The van der Waals surface area contributed by atoms with Gasteiger partial charge in [-0.25, -0.2) is 4.39 Å². The van der Waals surface area contributed by atoms with Crippen molar-refractivity contribution in [1.82, 2.24) is 0 Å². The number of nitrogen functional groups attached to an aromatic ring is 1. The van der Waals surface area contributed by atoms with Crippen LogP contribution in [0.4, 0.5) is 10.1 Å². The van der Waals surface area contributed by atoms with E-state index in [1.54, 1.807) is 0 Å². The van der Waals surface area contributed by atoms with Crippen molar-refractivity contribution < 1.29 is 13.9 Å². The van der Waals surface area contributed by atoms with Crippen LogP contribution < -0.4 is 15.2 Å². The zero-order valence-corrected chi connectivity index (χ0v) is 6.34. The van der Waals surface area contributed by atoms with Crippen molar-refractivity contribution in [2.45, 2.75) is 0 Å². The van der Waals surface area contributed by atoms with Crippen LogP contribution >= 0.6 is 0 Å². The summed E-state index contributed by atoms with van der Waals surface area (Å²) in [5, 5.41) is 0. The van der Waals surface area contributed by atoms with Crippen molar-refractivity contribution in [3.63, 3.8) is 0 Å². The number of hydrogen-bond acceptors (Lipinski definition) is 3. The van der Waals surface area contributed by atoms with Gasteiger partial charge in [-0.3, -0.25) is 0 Å². The fourth-order valence-electron chi connectivity index (χ4n) is 1.11. The summed E-state index contributed by atoms with van der Waals surface area (Å²) in [5.41, 5.74) is 5.44. The molecule has 1 aromatic carbocycles. The van der Waals surface area contributed by atoms with E-state index in [1.165, 1.54) is 12.1 Å². The molecule has 64 valence electrons. The SMILES string of the molecule is Nc1c(F)ccc2c1OCCO2. The first-order valence-electron chi connectivity index (χ1n) is 3.62. The Labute approximate surface area is 68.9 Å². The number of nitrogens with two attached hydrogens (primary N) is 1. The fraction of sp³-hybridized carbons (Fsp3) is 0.250. The van der Waals surface area contributed by atoms with E-state index in [4.69, 9.17) is 15.2 Å². The molecule has 2 N–H and O–H groups in total. The maximum Gasteiger partial charge on any atom is 0.187 e. The molecule has 0 spiro atoms. The first kappa shape index (κ1) is 7.21. The van der Waals surface area contributed by atoms with Crippen LogP contribution in [0.1, 0.15) is 0 Å². The van der Waals surface area contributed by atoms with Gasteiger partial charge in [0.2, 0.25) is 0 Å². The van der Waals surface area contributed by atoms with Crippen molar-refractivity contribution in [2.24, 2.45) is 0 Å². The molecule has 0 aliphatic carbocycles. The fourth-order valence-corrected chi connectivity index (χ4v) is 1.11. The minimum atomic E-state index is -0.473. The Morgan fingerprint density at radius 3 is 2.83 bits per heavy atom. The molecule has 0 saturated heterocycles. The van der Waals surface area contributed by atoms with Crippen LogP contribution in [0.25, 0.3) is 0 Å². The molecule has 12 heavy (non-hydrogen) atoms. The van der Waals surface area contributed by atoms with E-state index in [9.17, 15) is 4.39 Å².